The van der Waals surface area contributed by atoms with Crippen LogP contribution in [0.3, 0.4) is 0 Å². The Bertz CT molecular complexity index is 674. The van der Waals surface area contributed by atoms with Crippen molar-refractivity contribution in [3.63, 3.8) is 0 Å². The Balaban J connectivity index is 1.74. The van der Waals surface area contributed by atoms with Crippen LogP contribution in [0.25, 0.3) is 0 Å². The number of benzene rings is 2. The maximum Gasteiger partial charge on any atom is 0.222 e. The van der Waals surface area contributed by atoms with E-state index in [0.29, 0.717) is 30.3 Å². The van der Waals surface area contributed by atoms with Crippen LogP contribution in [0.5, 0.6) is 5.75 Å². The van der Waals surface area contributed by atoms with Crippen LogP contribution in [-0.2, 0) is 11.3 Å². The molecule has 2 N–H and O–H groups in total. The van der Waals surface area contributed by atoms with Crippen LogP contribution in [0.4, 0.5) is 5.69 Å². The zero-order valence-electron chi connectivity index (χ0n) is 13.4. The molecule has 0 saturated carbocycles. The zero-order valence-corrected chi connectivity index (χ0v) is 14.1. The van der Waals surface area contributed by atoms with E-state index in [0.717, 1.165) is 11.3 Å². The number of ether oxygens (including phenoxy) is 1. The molecule has 0 spiro atoms. The molecule has 0 unspecified atom stereocenters. The van der Waals surface area contributed by atoms with Crippen LogP contribution in [0, 0.1) is 6.92 Å². The second kappa shape index (κ2) is 8.44. The number of halogens is 1. The van der Waals surface area contributed by atoms with E-state index in [1.54, 1.807) is 19.2 Å². The van der Waals surface area contributed by atoms with Crippen LogP contribution in [0.2, 0.25) is 5.02 Å². The summed E-state index contributed by atoms with van der Waals surface area (Å²) in [5.74, 6) is 0.647. The highest BCUT2D eigenvalue weighted by molar-refractivity contribution is 6.32. The molecule has 122 valence electrons. The fourth-order valence-electron chi connectivity index (χ4n) is 2.19. The normalized spacial score (nSPS) is 10.2. The van der Waals surface area contributed by atoms with Gasteiger partial charge in [0, 0.05) is 25.2 Å². The Morgan fingerprint density at radius 1 is 1.22 bits per heavy atom. The van der Waals surface area contributed by atoms with E-state index in [-0.39, 0.29) is 5.91 Å². The number of hydrogen-bond acceptors (Lipinski definition) is 3. The van der Waals surface area contributed by atoms with Crippen molar-refractivity contribution in [3.8, 4) is 5.75 Å². The largest absolute Gasteiger partial charge is 0.495 e. The number of methoxy groups -OCH3 is 1. The lowest BCUT2D eigenvalue weighted by Crippen LogP contribution is -2.25. The number of amides is 1. The minimum Gasteiger partial charge on any atom is -0.495 e. The van der Waals surface area contributed by atoms with E-state index in [1.165, 1.54) is 5.56 Å². The molecule has 0 fully saturated rings. The molecule has 2 aromatic rings. The lowest BCUT2D eigenvalue weighted by atomic mass is 10.1. The fraction of sp³-hybridized carbons (Fsp3) is 0.278. The van der Waals surface area contributed by atoms with Gasteiger partial charge >= 0.3 is 0 Å². The molecule has 0 saturated heterocycles. The van der Waals surface area contributed by atoms with Crippen molar-refractivity contribution in [1.82, 2.24) is 5.32 Å². The molecule has 0 atom stereocenters. The standard InChI is InChI=1S/C18H21ClN2O2/c1-13-5-3-4-6-14(13)12-21-18(22)9-10-20-15-7-8-17(23-2)16(19)11-15/h3-8,11,20H,9-10,12H2,1-2H3,(H,21,22). The molecule has 0 aliphatic rings. The van der Waals surface area contributed by atoms with Gasteiger partial charge in [0.25, 0.3) is 0 Å². The maximum atomic E-state index is 11.9. The minimum atomic E-state index is 0.0142. The molecule has 0 aromatic heterocycles. The molecule has 4 nitrogen and oxygen atoms in total. The van der Waals surface area contributed by atoms with Gasteiger partial charge in [-0.25, -0.2) is 0 Å². The predicted molar refractivity (Wildman–Crippen MR) is 94.1 cm³/mol. The summed E-state index contributed by atoms with van der Waals surface area (Å²) in [5, 5.41) is 6.65. The van der Waals surface area contributed by atoms with Crippen molar-refractivity contribution in [2.24, 2.45) is 0 Å². The highest BCUT2D eigenvalue weighted by Gasteiger charge is 2.04. The third-order valence-electron chi connectivity index (χ3n) is 3.57. The van der Waals surface area contributed by atoms with Gasteiger partial charge in [-0.15, -0.1) is 0 Å². The van der Waals surface area contributed by atoms with Gasteiger partial charge in [0.2, 0.25) is 5.91 Å². The Morgan fingerprint density at radius 3 is 2.70 bits per heavy atom. The number of rotatable bonds is 7. The molecule has 2 rings (SSSR count). The maximum absolute atomic E-state index is 11.9. The molecule has 0 bridgehead atoms. The number of aryl methyl sites for hydroxylation is 1. The highest BCUT2D eigenvalue weighted by Crippen LogP contribution is 2.27. The first-order chi connectivity index (χ1) is 11.1. The van der Waals surface area contributed by atoms with Gasteiger partial charge in [0.15, 0.2) is 0 Å². The summed E-state index contributed by atoms with van der Waals surface area (Å²) in [7, 11) is 1.58. The summed E-state index contributed by atoms with van der Waals surface area (Å²) < 4.78 is 5.10. The Kier molecular flexibility index (Phi) is 6.29. The second-order valence-corrected chi connectivity index (χ2v) is 5.64. The van der Waals surface area contributed by atoms with E-state index in [2.05, 4.69) is 10.6 Å². The molecule has 0 heterocycles. The highest BCUT2D eigenvalue weighted by atomic mass is 35.5. The average molecular weight is 333 g/mol. The van der Waals surface area contributed by atoms with Crippen molar-refractivity contribution < 1.29 is 9.53 Å². The van der Waals surface area contributed by atoms with Crippen LogP contribution in [0.1, 0.15) is 17.5 Å². The first kappa shape index (κ1) is 17.2. The Morgan fingerprint density at radius 2 is 2.00 bits per heavy atom. The monoisotopic (exact) mass is 332 g/mol. The van der Waals surface area contributed by atoms with E-state index < -0.39 is 0 Å². The van der Waals surface area contributed by atoms with Gasteiger partial charge < -0.3 is 15.4 Å². The first-order valence-electron chi connectivity index (χ1n) is 7.49. The van der Waals surface area contributed by atoms with Gasteiger partial charge in [-0.2, -0.15) is 0 Å². The summed E-state index contributed by atoms with van der Waals surface area (Å²) in [5.41, 5.74) is 3.18. The Labute approximate surface area is 141 Å². The fourth-order valence-corrected chi connectivity index (χ4v) is 2.45. The van der Waals surface area contributed by atoms with Crippen LogP contribution in [0.15, 0.2) is 42.5 Å². The molecule has 2 aromatic carbocycles. The van der Waals surface area contributed by atoms with Gasteiger partial charge in [-0.3, -0.25) is 4.79 Å². The van der Waals surface area contributed by atoms with E-state index in [4.69, 9.17) is 16.3 Å². The zero-order chi connectivity index (χ0) is 16.7. The molecule has 0 aliphatic heterocycles. The topological polar surface area (TPSA) is 50.4 Å². The summed E-state index contributed by atoms with van der Waals surface area (Å²) >= 11 is 6.06. The smallest absolute Gasteiger partial charge is 0.222 e. The summed E-state index contributed by atoms with van der Waals surface area (Å²) in [6.07, 6.45) is 0.398. The van der Waals surface area contributed by atoms with Crippen LogP contribution < -0.4 is 15.4 Å². The van der Waals surface area contributed by atoms with Crippen LogP contribution in [-0.4, -0.2) is 19.6 Å². The second-order valence-electron chi connectivity index (χ2n) is 5.23. The number of carbonyl (C=O) groups excluding carboxylic acids is 1. The molecular formula is C18H21ClN2O2. The molecule has 5 heteroatoms. The third-order valence-corrected chi connectivity index (χ3v) is 3.87. The van der Waals surface area contributed by atoms with Gasteiger partial charge in [-0.1, -0.05) is 35.9 Å². The number of hydrogen-bond donors (Lipinski definition) is 2. The number of nitrogens with one attached hydrogen (secondary N) is 2. The van der Waals surface area contributed by atoms with Gasteiger partial charge in [-0.05, 0) is 36.2 Å². The van der Waals surface area contributed by atoms with E-state index >= 15 is 0 Å². The molecule has 0 aliphatic carbocycles. The van der Waals surface area contributed by atoms with Crippen molar-refractivity contribution in [3.05, 3.63) is 58.6 Å². The van der Waals surface area contributed by atoms with Gasteiger partial charge in [0.05, 0.1) is 12.1 Å². The quantitative estimate of drug-likeness (QED) is 0.811. The van der Waals surface area contributed by atoms with Gasteiger partial charge in [0.1, 0.15) is 5.75 Å². The van der Waals surface area contributed by atoms with E-state index in [1.807, 2.05) is 37.3 Å². The van der Waals surface area contributed by atoms with Crippen molar-refractivity contribution in [2.75, 3.05) is 19.0 Å². The molecule has 23 heavy (non-hydrogen) atoms. The van der Waals surface area contributed by atoms with Crippen molar-refractivity contribution in [1.29, 1.82) is 0 Å². The SMILES string of the molecule is COc1ccc(NCCC(=O)NCc2ccccc2C)cc1Cl. The molecular weight excluding hydrogens is 312 g/mol. The Hall–Kier alpha value is -2.20. The summed E-state index contributed by atoms with van der Waals surface area (Å²) in [6.45, 7) is 3.14. The van der Waals surface area contributed by atoms with E-state index in [9.17, 15) is 4.79 Å². The lowest BCUT2D eigenvalue weighted by Gasteiger charge is -2.10. The number of carbonyl (C=O) groups is 1. The average Bonchev–Trinajstić information content (AvgIpc) is 2.54. The summed E-state index contributed by atoms with van der Waals surface area (Å²) in [6, 6.07) is 13.5. The van der Waals surface area contributed by atoms with Crippen LogP contribution >= 0.6 is 11.6 Å². The lowest BCUT2D eigenvalue weighted by molar-refractivity contribution is -0.121. The predicted octanol–water partition coefficient (Wildman–Crippen LogP) is 3.78. The van der Waals surface area contributed by atoms with Crippen molar-refractivity contribution in [2.45, 2.75) is 19.9 Å². The number of anilines is 1. The minimum absolute atomic E-state index is 0.0142. The third kappa shape index (κ3) is 5.18. The molecule has 0 radical (unpaired) electrons. The summed E-state index contributed by atoms with van der Waals surface area (Å²) in [4.78, 5) is 11.9. The van der Waals surface area contributed by atoms with Crippen molar-refractivity contribution >= 4 is 23.2 Å². The molecule has 1 amide bonds. The first-order valence-corrected chi connectivity index (χ1v) is 7.86.